The number of aliphatic carboxylic acids is 4. The zero-order chi connectivity index (χ0) is 29.3. The third kappa shape index (κ3) is 35.5. The molecule has 0 unspecified atom stereocenters. The Hall–Kier alpha value is -2.70. The fourth-order valence-corrected chi connectivity index (χ4v) is 2.57. The lowest BCUT2D eigenvalue weighted by atomic mass is 9.96. The highest BCUT2D eigenvalue weighted by molar-refractivity contribution is 5.88. The number of allylic oxidation sites excluding steroid dienone is 1. The molecule has 0 aliphatic carbocycles. The van der Waals surface area contributed by atoms with Crippen LogP contribution in [0.1, 0.15) is 90.4 Å². The number of esters is 1. The average Bonchev–Trinajstić information content (AvgIpc) is 2.75. The molecule has 0 spiro atoms. The molecule has 0 aromatic heterocycles. The first kappa shape index (κ1) is 42.4. The molecule has 5 N–H and O–H groups in total. The molecule has 0 radical (unpaired) electrons. The highest BCUT2D eigenvalue weighted by Gasteiger charge is 2.40. The molecule has 0 heterocycles. The minimum atomic E-state index is -2.74. The fourth-order valence-electron chi connectivity index (χ4n) is 2.57. The van der Waals surface area contributed by atoms with E-state index in [1.54, 1.807) is 0 Å². The van der Waals surface area contributed by atoms with Crippen molar-refractivity contribution in [3.05, 3.63) is 12.3 Å². The normalized spacial score (nSPS) is 10.4. The Labute approximate surface area is 231 Å². The molecule has 13 heteroatoms. The van der Waals surface area contributed by atoms with Gasteiger partial charge in [0, 0.05) is 0 Å². The third-order valence-electron chi connectivity index (χ3n) is 4.35. The molecule has 0 rings (SSSR count). The van der Waals surface area contributed by atoms with Gasteiger partial charge in [0.05, 0.1) is 31.9 Å². The zero-order valence-electron chi connectivity index (χ0n) is 22.9. The number of hydrogen-bond donors (Lipinski definition) is 5. The number of nitrogens with zero attached hydrogens (tertiary/aromatic N) is 1. The summed E-state index contributed by atoms with van der Waals surface area (Å²) in [6.07, 6.45) is 11.8. The lowest BCUT2D eigenvalue weighted by molar-refractivity contribution is -0.170. The van der Waals surface area contributed by atoms with Crippen LogP contribution in [0.25, 0.3) is 0 Å². The number of carbonyl (C=O) groups is 5. The van der Waals surface area contributed by atoms with Gasteiger partial charge in [0.15, 0.2) is 5.60 Å². The summed E-state index contributed by atoms with van der Waals surface area (Å²) in [5.74, 6) is -6.49. The number of ether oxygens (including phenoxy) is 1. The van der Waals surface area contributed by atoms with Crippen molar-refractivity contribution in [2.75, 3.05) is 21.1 Å². The van der Waals surface area contributed by atoms with Crippen LogP contribution in [-0.2, 0) is 28.7 Å². The monoisotopic (exact) mass is 571 g/mol. The van der Waals surface area contributed by atoms with Gasteiger partial charge in [-0.25, -0.2) is 4.79 Å². The summed E-state index contributed by atoms with van der Waals surface area (Å²) in [5, 5.41) is 42.2. The van der Waals surface area contributed by atoms with Crippen molar-refractivity contribution in [2.45, 2.75) is 96.0 Å². The molecule has 0 saturated carbocycles. The van der Waals surface area contributed by atoms with E-state index in [1.165, 1.54) is 51.2 Å². The van der Waals surface area contributed by atoms with Crippen molar-refractivity contribution in [1.29, 1.82) is 0 Å². The molecule has 0 aromatic carbocycles. The largest absolute Gasteiger partial charge is 0.481 e. The Morgan fingerprint density at radius 3 is 1.53 bits per heavy atom. The van der Waals surface area contributed by atoms with Crippen LogP contribution in [-0.4, -0.2) is 87.0 Å². The number of halogens is 1. The second kappa shape index (κ2) is 27.3. The van der Waals surface area contributed by atoms with E-state index in [9.17, 15) is 24.0 Å². The van der Waals surface area contributed by atoms with E-state index in [2.05, 4.69) is 6.92 Å². The van der Waals surface area contributed by atoms with Crippen LogP contribution in [0.3, 0.4) is 0 Å². The van der Waals surface area contributed by atoms with Crippen LogP contribution in [0.15, 0.2) is 12.3 Å². The molecule has 0 fully saturated rings. The van der Waals surface area contributed by atoms with Crippen molar-refractivity contribution in [3.8, 4) is 0 Å². The highest BCUT2D eigenvalue weighted by atomic mass is 35.5. The van der Waals surface area contributed by atoms with Gasteiger partial charge in [-0.3, -0.25) is 19.2 Å². The molecule has 38 heavy (non-hydrogen) atoms. The molecule has 0 amide bonds. The minimum Gasteiger partial charge on any atom is -0.481 e. The molecule has 0 aliphatic rings. The summed E-state index contributed by atoms with van der Waals surface area (Å²) in [5.41, 5.74) is -2.74. The fraction of sp³-hybridized carbons (Fsp3) is 0.720. The first-order valence-corrected chi connectivity index (χ1v) is 12.2. The average molecular weight is 572 g/mol. The van der Waals surface area contributed by atoms with Crippen molar-refractivity contribution >= 4 is 42.3 Å². The van der Waals surface area contributed by atoms with Crippen molar-refractivity contribution in [2.24, 2.45) is 0 Å². The van der Waals surface area contributed by atoms with E-state index in [-0.39, 0.29) is 25.2 Å². The topological polar surface area (TPSA) is 199 Å². The van der Waals surface area contributed by atoms with Gasteiger partial charge in [-0.05, 0) is 40.1 Å². The van der Waals surface area contributed by atoms with Crippen LogP contribution in [0, 0.1) is 0 Å². The molecule has 224 valence electrons. The van der Waals surface area contributed by atoms with Crippen LogP contribution in [0.4, 0.5) is 0 Å². The van der Waals surface area contributed by atoms with Gasteiger partial charge in [0.25, 0.3) is 0 Å². The second-order valence-corrected chi connectivity index (χ2v) is 8.84. The van der Waals surface area contributed by atoms with Gasteiger partial charge < -0.3 is 35.2 Å². The first-order valence-electron chi connectivity index (χ1n) is 12.2. The number of aliphatic hydroxyl groups is 1. The minimum absolute atomic E-state index is 0. The van der Waals surface area contributed by atoms with E-state index in [4.69, 9.17) is 30.3 Å². The SMILES string of the molecule is CCCCCCCCCCC=COC(=O)CCC(=O)O.CN(C)C.Cl.O=C(O)CC(O)(CC(=O)O)C(=O)O. The number of carboxylic acid groups (broad SMARTS) is 4. The Morgan fingerprint density at radius 2 is 1.16 bits per heavy atom. The summed E-state index contributed by atoms with van der Waals surface area (Å²) >= 11 is 0. The lowest BCUT2D eigenvalue weighted by Crippen LogP contribution is -2.42. The number of carboxylic acids is 4. The van der Waals surface area contributed by atoms with E-state index >= 15 is 0 Å². The van der Waals surface area contributed by atoms with Crippen molar-refractivity contribution in [3.63, 3.8) is 0 Å². The number of unbranched alkanes of at least 4 members (excludes halogenated alkanes) is 8. The quantitative estimate of drug-likeness (QED) is 0.0906. The van der Waals surface area contributed by atoms with Gasteiger partial charge in [0.1, 0.15) is 0 Å². The van der Waals surface area contributed by atoms with Crippen LogP contribution < -0.4 is 0 Å². The Balaban J connectivity index is -0.000000276. The Kier molecular flexibility index (Phi) is 30.5. The molecule has 0 atom stereocenters. The van der Waals surface area contributed by atoms with E-state index in [1.807, 2.05) is 32.1 Å². The van der Waals surface area contributed by atoms with Crippen LogP contribution >= 0.6 is 12.4 Å². The maximum atomic E-state index is 11.1. The van der Waals surface area contributed by atoms with Crippen LogP contribution in [0.2, 0.25) is 0 Å². The molecule has 0 saturated heterocycles. The van der Waals surface area contributed by atoms with Crippen molar-refractivity contribution in [1.82, 2.24) is 4.90 Å². The lowest BCUT2D eigenvalue weighted by Gasteiger charge is -2.18. The predicted molar refractivity (Wildman–Crippen MR) is 143 cm³/mol. The van der Waals surface area contributed by atoms with Gasteiger partial charge in [-0.1, -0.05) is 51.9 Å². The summed E-state index contributed by atoms with van der Waals surface area (Å²) in [4.78, 5) is 53.8. The Morgan fingerprint density at radius 1 is 0.737 bits per heavy atom. The summed E-state index contributed by atoms with van der Waals surface area (Å²) < 4.78 is 4.78. The second-order valence-electron chi connectivity index (χ2n) is 8.84. The molecule has 0 bridgehead atoms. The molecular weight excluding hydrogens is 526 g/mol. The Bertz CT molecular complexity index is 678. The van der Waals surface area contributed by atoms with Gasteiger partial charge in [-0.2, -0.15) is 0 Å². The number of hydrogen-bond acceptors (Lipinski definition) is 8. The smallest absolute Gasteiger partial charge is 0.336 e. The van der Waals surface area contributed by atoms with E-state index in [0.29, 0.717) is 0 Å². The number of carbonyl (C=O) groups excluding carboxylic acids is 1. The third-order valence-corrected chi connectivity index (χ3v) is 4.35. The summed E-state index contributed by atoms with van der Waals surface area (Å²) in [6.45, 7) is 2.22. The maximum Gasteiger partial charge on any atom is 0.336 e. The van der Waals surface area contributed by atoms with Gasteiger partial charge in [-0.15, -0.1) is 12.4 Å². The molecule has 0 aromatic rings. The van der Waals surface area contributed by atoms with Gasteiger partial charge in [0.2, 0.25) is 0 Å². The van der Waals surface area contributed by atoms with Gasteiger partial charge >= 0.3 is 29.8 Å². The maximum absolute atomic E-state index is 11.1. The zero-order valence-corrected chi connectivity index (χ0v) is 23.7. The summed E-state index contributed by atoms with van der Waals surface area (Å²) in [6, 6.07) is 0. The first-order chi connectivity index (χ1) is 17.2. The van der Waals surface area contributed by atoms with E-state index in [0.717, 1.165) is 12.8 Å². The van der Waals surface area contributed by atoms with Crippen molar-refractivity contribution < 1.29 is 54.2 Å². The predicted octanol–water partition coefficient (Wildman–Crippen LogP) is 3.79. The standard InChI is InChI=1S/C16H28O4.C6H8O7.C3H9N.ClH/c1-2-3-4-5-6-7-8-9-10-11-14-20-16(19)13-12-15(17)18;7-3(8)1-6(13,5(11)12)2-4(9)10;1-4(2)3;/h11,14H,2-10,12-13H2,1H3,(H,17,18);13H,1-2H2,(H,7,8)(H,9,10)(H,11,12);1-3H3;1H. The molecular formula is C25H46ClNO11. The molecule has 12 nitrogen and oxygen atoms in total. The van der Waals surface area contributed by atoms with Crippen LogP contribution in [0.5, 0.6) is 0 Å². The number of rotatable bonds is 18. The summed E-state index contributed by atoms with van der Waals surface area (Å²) in [7, 11) is 6.00. The highest BCUT2D eigenvalue weighted by Crippen LogP contribution is 2.15. The van der Waals surface area contributed by atoms with E-state index < -0.39 is 48.3 Å². The molecule has 0 aliphatic heterocycles.